The summed E-state index contributed by atoms with van der Waals surface area (Å²) >= 11 is 0. The number of rotatable bonds is 5. The molecule has 226 valence electrons. The zero-order valence-electron chi connectivity index (χ0n) is 21.9. The summed E-state index contributed by atoms with van der Waals surface area (Å²) in [5.74, 6) is 0. The van der Waals surface area contributed by atoms with Crippen LogP contribution in [0.2, 0.25) is 0 Å². The van der Waals surface area contributed by atoms with Gasteiger partial charge in [-0.25, -0.2) is 9.59 Å². The van der Waals surface area contributed by atoms with Crippen molar-refractivity contribution in [1.82, 2.24) is 4.90 Å². The van der Waals surface area contributed by atoms with Gasteiger partial charge in [0.15, 0.2) is 0 Å². The monoisotopic (exact) mass is 600 g/mol. The summed E-state index contributed by atoms with van der Waals surface area (Å²) in [5.41, 5.74) is -5.28. The Kier molecular flexibility index (Phi) is 9.08. The molecule has 0 saturated carbocycles. The average Bonchev–Trinajstić information content (AvgIpc) is 2.88. The Hall–Kier alpha value is -3.65. The van der Waals surface area contributed by atoms with E-state index in [4.69, 9.17) is 9.47 Å². The van der Waals surface area contributed by atoms with E-state index in [2.05, 4.69) is 0 Å². The smallest absolute Gasteiger partial charge is 0.416 e. The third-order valence-electron chi connectivity index (χ3n) is 6.56. The molecular weight excluding hydrogens is 575 g/mol. The Balaban J connectivity index is 2.23. The normalized spacial score (nSPS) is 17.6. The lowest BCUT2D eigenvalue weighted by molar-refractivity contribution is -0.143. The third-order valence-corrected chi connectivity index (χ3v) is 6.56. The molecule has 0 saturated heterocycles. The van der Waals surface area contributed by atoms with E-state index in [1.165, 1.54) is 6.92 Å². The summed E-state index contributed by atoms with van der Waals surface area (Å²) in [6.45, 7) is 2.23. The summed E-state index contributed by atoms with van der Waals surface area (Å²) in [7, 11) is 0.903. The second kappa shape index (κ2) is 11.7. The SMILES string of the molecule is CCOC(=O)N1c2ccc(C(F)(F)F)cc2[C@@H](N(Cc2cc(C(F)(F)F)cc(C(F)(F)F)c2)C(=O)OC)CC1CC. The van der Waals surface area contributed by atoms with E-state index in [9.17, 15) is 49.1 Å². The minimum Gasteiger partial charge on any atom is -0.453 e. The number of methoxy groups -OCH3 is 1. The highest BCUT2D eigenvalue weighted by atomic mass is 19.4. The van der Waals surface area contributed by atoms with Gasteiger partial charge in [-0.2, -0.15) is 39.5 Å². The molecule has 2 aromatic rings. The minimum absolute atomic E-state index is 0.0590. The van der Waals surface area contributed by atoms with E-state index in [1.54, 1.807) is 6.92 Å². The van der Waals surface area contributed by atoms with Gasteiger partial charge in [-0.15, -0.1) is 0 Å². The molecule has 2 amide bonds. The van der Waals surface area contributed by atoms with Gasteiger partial charge in [0.25, 0.3) is 0 Å². The first-order valence-electron chi connectivity index (χ1n) is 12.2. The molecule has 1 aliphatic rings. The topological polar surface area (TPSA) is 59.1 Å². The largest absolute Gasteiger partial charge is 0.453 e. The van der Waals surface area contributed by atoms with Crippen LogP contribution in [0.1, 0.15) is 60.5 Å². The average molecular weight is 600 g/mol. The molecule has 15 heteroatoms. The van der Waals surface area contributed by atoms with Crippen molar-refractivity contribution in [1.29, 1.82) is 0 Å². The van der Waals surface area contributed by atoms with Crippen molar-refractivity contribution >= 4 is 17.9 Å². The van der Waals surface area contributed by atoms with Crippen LogP contribution >= 0.6 is 0 Å². The highest BCUT2D eigenvalue weighted by molar-refractivity contribution is 5.90. The lowest BCUT2D eigenvalue weighted by atomic mass is 9.87. The van der Waals surface area contributed by atoms with Crippen molar-refractivity contribution < 1.29 is 58.6 Å². The summed E-state index contributed by atoms with van der Waals surface area (Å²) < 4.78 is 132. The van der Waals surface area contributed by atoms with Gasteiger partial charge < -0.3 is 9.47 Å². The second-order valence-electron chi connectivity index (χ2n) is 9.17. The Labute approximate surface area is 228 Å². The molecule has 6 nitrogen and oxygen atoms in total. The molecular formula is C26H25F9N2O4. The Morgan fingerprint density at radius 2 is 1.44 bits per heavy atom. The van der Waals surface area contributed by atoms with E-state index in [1.807, 2.05) is 0 Å². The van der Waals surface area contributed by atoms with Crippen molar-refractivity contribution in [2.45, 2.75) is 63.8 Å². The maximum Gasteiger partial charge on any atom is 0.416 e. The molecule has 41 heavy (non-hydrogen) atoms. The number of carbonyl (C=O) groups excluding carboxylic acids is 2. The van der Waals surface area contributed by atoms with E-state index in [-0.39, 0.29) is 36.8 Å². The number of ether oxygens (including phenoxy) is 2. The molecule has 0 radical (unpaired) electrons. The molecule has 0 N–H and O–H groups in total. The lowest BCUT2D eigenvalue weighted by Crippen LogP contribution is -2.48. The molecule has 0 aliphatic carbocycles. The number of fused-ring (bicyclic) bond motifs is 1. The first-order chi connectivity index (χ1) is 18.9. The fourth-order valence-corrected chi connectivity index (χ4v) is 4.72. The summed E-state index contributed by atoms with van der Waals surface area (Å²) in [4.78, 5) is 27.6. The van der Waals surface area contributed by atoms with E-state index < -0.39 is 71.6 Å². The van der Waals surface area contributed by atoms with Crippen LogP contribution in [-0.2, 0) is 34.5 Å². The highest BCUT2D eigenvalue weighted by Gasteiger charge is 2.43. The lowest BCUT2D eigenvalue weighted by Gasteiger charge is -2.43. The van der Waals surface area contributed by atoms with Crippen molar-refractivity contribution in [2.75, 3.05) is 18.6 Å². The number of halogens is 9. The van der Waals surface area contributed by atoms with Crippen molar-refractivity contribution in [3.8, 4) is 0 Å². The van der Waals surface area contributed by atoms with E-state index >= 15 is 0 Å². The van der Waals surface area contributed by atoms with Crippen LogP contribution in [0, 0.1) is 0 Å². The van der Waals surface area contributed by atoms with Gasteiger partial charge in [0.05, 0.1) is 42.1 Å². The molecule has 0 fully saturated rings. The number of benzene rings is 2. The van der Waals surface area contributed by atoms with Crippen LogP contribution in [0.5, 0.6) is 0 Å². The first kappa shape index (κ1) is 31.9. The number of nitrogens with zero attached hydrogens (tertiary/aromatic N) is 2. The van der Waals surface area contributed by atoms with Crippen molar-refractivity contribution in [3.63, 3.8) is 0 Å². The van der Waals surface area contributed by atoms with Gasteiger partial charge in [0.1, 0.15) is 0 Å². The van der Waals surface area contributed by atoms with Gasteiger partial charge in [0, 0.05) is 12.6 Å². The van der Waals surface area contributed by atoms with Crippen LogP contribution in [0.4, 0.5) is 54.8 Å². The Bertz CT molecular complexity index is 1240. The second-order valence-corrected chi connectivity index (χ2v) is 9.17. The fraction of sp³-hybridized carbons (Fsp3) is 0.462. The van der Waals surface area contributed by atoms with Crippen molar-refractivity contribution in [2.24, 2.45) is 0 Å². The van der Waals surface area contributed by atoms with Gasteiger partial charge in [0.2, 0.25) is 0 Å². The Morgan fingerprint density at radius 3 is 1.90 bits per heavy atom. The van der Waals surface area contributed by atoms with Crippen LogP contribution in [0.25, 0.3) is 0 Å². The van der Waals surface area contributed by atoms with Gasteiger partial charge >= 0.3 is 30.7 Å². The molecule has 0 aromatic heterocycles. The summed E-state index contributed by atoms with van der Waals surface area (Å²) in [6.07, 6.45) is -17.3. The van der Waals surface area contributed by atoms with Gasteiger partial charge in [-0.3, -0.25) is 9.80 Å². The van der Waals surface area contributed by atoms with E-state index in [0.717, 1.165) is 23.0 Å². The summed E-state index contributed by atoms with van der Waals surface area (Å²) in [6, 6.07) is 1.06. The van der Waals surface area contributed by atoms with E-state index in [0.29, 0.717) is 24.3 Å². The molecule has 0 bridgehead atoms. The minimum atomic E-state index is -5.17. The number of alkyl halides is 9. The third kappa shape index (κ3) is 6.99. The number of amides is 2. The number of carbonyl (C=O) groups is 2. The molecule has 1 unspecified atom stereocenters. The molecule has 1 heterocycles. The summed E-state index contributed by atoms with van der Waals surface area (Å²) in [5, 5.41) is 0. The molecule has 3 rings (SSSR count). The highest BCUT2D eigenvalue weighted by Crippen LogP contribution is 2.45. The Morgan fingerprint density at radius 1 is 0.878 bits per heavy atom. The predicted molar refractivity (Wildman–Crippen MR) is 127 cm³/mol. The van der Waals surface area contributed by atoms with Crippen molar-refractivity contribution in [3.05, 3.63) is 64.2 Å². The quantitative estimate of drug-likeness (QED) is 0.325. The molecule has 2 atom stereocenters. The first-order valence-corrected chi connectivity index (χ1v) is 12.2. The molecule has 2 aromatic carbocycles. The van der Waals surface area contributed by atoms with Gasteiger partial charge in [-0.1, -0.05) is 6.92 Å². The number of hydrogen-bond acceptors (Lipinski definition) is 4. The van der Waals surface area contributed by atoms with Crippen LogP contribution in [0.3, 0.4) is 0 Å². The van der Waals surface area contributed by atoms with Gasteiger partial charge in [-0.05, 0) is 67.3 Å². The maximum atomic E-state index is 13.7. The predicted octanol–water partition coefficient (Wildman–Crippen LogP) is 8.20. The standard InChI is InChI=1S/C26H25F9N2O4/c1-4-18-12-21(19-11-15(24(27,28)29)6-7-20(19)37(18)23(39)41-5-2)36(22(38)40-3)13-14-8-16(25(30,31)32)10-17(9-14)26(33,34)35/h6-11,18,21H,4-5,12-13H2,1-3H3/t18?,21-/m0/s1. The number of hydrogen-bond donors (Lipinski definition) is 0. The zero-order valence-corrected chi connectivity index (χ0v) is 21.9. The van der Waals surface area contributed by atoms with Crippen LogP contribution in [0.15, 0.2) is 36.4 Å². The number of anilines is 1. The zero-order chi connectivity index (χ0) is 30.9. The van der Waals surface area contributed by atoms with Crippen LogP contribution in [-0.4, -0.2) is 36.8 Å². The molecule has 0 spiro atoms. The molecule has 1 aliphatic heterocycles. The fourth-order valence-electron chi connectivity index (χ4n) is 4.72. The van der Waals surface area contributed by atoms with Crippen LogP contribution < -0.4 is 4.90 Å². The maximum absolute atomic E-state index is 13.7.